The van der Waals surface area contributed by atoms with Gasteiger partial charge in [0.05, 0.1) is 47.8 Å². The number of fused-ring (bicyclic) bond motifs is 1. The number of para-hydroxylation sites is 1. The second kappa shape index (κ2) is 14.1. The zero-order valence-corrected chi connectivity index (χ0v) is 27.7. The lowest BCUT2D eigenvalue weighted by Gasteiger charge is -2.39. The van der Waals surface area contributed by atoms with Gasteiger partial charge in [-0.2, -0.15) is 0 Å². The van der Waals surface area contributed by atoms with E-state index < -0.39 is 59.5 Å². The summed E-state index contributed by atoms with van der Waals surface area (Å²) in [6.45, 7) is 12.6. The first-order chi connectivity index (χ1) is 21.0. The van der Waals surface area contributed by atoms with Gasteiger partial charge in [0.15, 0.2) is 0 Å². The van der Waals surface area contributed by atoms with Gasteiger partial charge in [-0.3, -0.25) is 19.2 Å². The molecule has 1 spiro atoms. The van der Waals surface area contributed by atoms with E-state index in [1.165, 1.54) is 9.80 Å². The van der Waals surface area contributed by atoms with Gasteiger partial charge in [0, 0.05) is 17.8 Å². The third kappa shape index (κ3) is 6.08. The molecule has 0 aliphatic carbocycles. The number of alkyl halides is 1. The second-order valence-electron chi connectivity index (χ2n) is 11.7. The van der Waals surface area contributed by atoms with E-state index in [0.29, 0.717) is 30.0 Å². The molecule has 1 aromatic rings. The van der Waals surface area contributed by atoms with Crippen LogP contribution in [-0.4, -0.2) is 88.1 Å². The fourth-order valence-corrected chi connectivity index (χ4v) is 8.12. The lowest BCUT2D eigenvalue weighted by atomic mass is 9.70. The molecule has 2 bridgehead atoms. The van der Waals surface area contributed by atoms with Crippen molar-refractivity contribution in [1.82, 2.24) is 10.2 Å². The van der Waals surface area contributed by atoms with Crippen molar-refractivity contribution in [3.05, 3.63) is 54.1 Å². The fourth-order valence-electron chi connectivity index (χ4n) is 6.85. The van der Waals surface area contributed by atoms with Gasteiger partial charge in [-0.25, -0.2) is 0 Å². The van der Waals surface area contributed by atoms with Crippen molar-refractivity contribution >= 4 is 56.9 Å². The summed E-state index contributed by atoms with van der Waals surface area (Å²) in [7, 11) is 0. The molecular weight excluding hydrogens is 654 g/mol. The Kier molecular flexibility index (Phi) is 11.0. The normalized spacial score (nSPS) is 28.3. The Hall–Kier alpha value is -2.73. The first-order valence-electron chi connectivity index (χ1n) is 15.0. The maximum atomic E-state index is 14.7. The molecule has 44 heavy (non-hydrogen) atoms. The third-order valence-electron chi connectivity index (χ3n) is 8.82. The number of benzene rings is 1. The Morgan fingerprint density at radius 2 is 2.07 bits per heavy atom. The van der Waals surface area contributed by atoms with Crippen LogP contribution in [0, 0.1) is 18.8 Å². The third-order valence-corrected chi connectivity index (χ3v) is 9.97. The number of esters is 1. The summed E-state index contributed by atoms with van der Waals surface area (Å²) in [4.78, 5) is 57.4. The van der Waals surface area contributed by atoms with Gasteiger partial charge in [0.25, 0.3) is 5.91 Å². The lowest BCUT2D eigenvalue weighted by molar-refractivity contribution is -0.159. The van der Waals surface area contributed by atoms with Gasteiger partial charge >= 0.3 is 5.97 Å². The second-order valence-corrected chi connectivity index (χ2v) is 13.3. The zero-order valence-electron chi connectivity index (χ0n) is 25.3. The number of rotatable bonds is 14. The fraction of sp³-hybridized carbons (Fsp3) is 0.562. The number of allylic oxidation sites excluding steroid dienone is 1. The number of carbonyl (C=O) groups excluding carboxylic acids is 4. The number of carbonyl (C=O) groups is 4. The van der Waals surface area contributed by atoms with Gasteiger partial charge in [-0.15, -0.1) is 13.2 Å². The molecule has 0 radical (unpaired) electrons. The minimum absolute atomic E-state index is 0.102. The highest BCUT2D eigenvalue weighted by molar-refractivity contribution is 9.09. The average molecular weight is 695 g/mol. The number of halogens is 2. The van der Waals surface area contributed by atoms with E-state index in [1.807, 2.05) is 19.9 Å². The van der Waals surface area contributed by atoms with E-state index in [-0.39, 0.29) is 36.9 Å². The van der Waals surface area contributed by atoms with E-state index >= 15 is 0 Å². The van der Waals surface area contributed by atoms with Crippen LogP contribution in [0.15, 0.2) is 43.5 Å². The standard InChI is InChI=1S/C32H41BrClN3O7/c1-6-9-13-23(39)35-16-19(5)43-31(42)24-25-29(40)37(20(8-3)17-38)28(32(25)15-21(33)27(24)44-32)30(41)36(14-7-2)26-18(4)11-10-12-22(26)34/h6-7,10-12,19-21,24-25,27-28,38H,1-2,8-9,13-17H2,3-5H3,(H,35,39)/t19-,20-,21?,24+,25-,27+,28+,32-/m0/s1. The molecular formula is C32H41BrClN3O7. The minimum Gasteiger partial charge on any atom is -0.460 e. The Bertz CT molecular complexity index is 1290. The number of aliphatic hydroxyl groups is 1. The number of amides is 3. The minimum atomic E-state index is -1.35. The number of anilines is 1. The molecule has 3 saturated heterocycles. The van der Waals surface area contributed by atoms with Gasteiger partial charge in [-0.1, -0.05) is 58.7 Å². The van der Waals surface area contributed by atoms with E-state index in [1.54, 1.807) is 31.2 Å². The molecule has 12 heteroatoms. The molecule has 3 heterocycles. The van der Waals surface area contributed by atoms with Crippen LogP contribution in [0.4, 0.5) is 5.69 Å². The number of hydrogen-bond donors (Lipinski definition) is 2. The summed E-state index contributed by atoms with van der Waals surface area (Å²) in [5, 5.41) is 13.5. The highest BCUT2D eigenvalue weighted by atomic mass is 79.9. The van der Waals surface area contributed by atoms with E-state index in [4.69, 9.17) is 21.1 Å². The van der Waals surface area contributed by atoms with Crippen molar-refractivity contribution in [3.63, 3.8) is 0 Å². The summed E-state index contributed by atoms with van der Waals surface area (Å²) < 4.78 is 12.3. The molecule has 1 unspecified atom stereocenters. The summed E-state index contributed by atoms with van der Waals surface area (Å²) >= 11 is 10.3. The predicted molar refractivity (Wildman–Crippen MR) is 170 cm³/mol. The molecule has 2 N–H and O–H groups in total. The highest BCUT2D eigenvalue weighted by Crippen LogP contribution is 2.61. The summed E-state index contributed by atoms with van der Waals surface area (Å²) in [5.74, 6) is -3.70. The average Bonchev–Trinajstić information content (AvgIpc) is 3.58. The molecule has 8 atom stereocenters. The topological polar surface area (TPSA) is 125 Å². The number of likely N-dealkylation sites (tertiary alicyclic amines) is 1. The Morgan fingerprint density at radius 3 is 2.68 bits per heavy atom. The molecule has 4 rings (SSSR count). The number of aryl methyl sites for hydroxylation is 1. The van der Waals surface area contributed by atoms with Crippen LogP contribution in [-0.2, 0) is 28.7 Å². The highest BCUT2D eigenvalue weighted by Gasteiger charge is 2.77. The van der Waals surface area contributed by atoms with Gasteiger partial charge in [0.2, 0.25) is 11.8 Å². The van der Waals surface area contributed by atoms with Gasteiger partial charge in [-0.05, 0) is 44.7 Å². The predicted octanol–water partition coefficient (Wildman–Crippen LogP) is 3.70. The molecule has 3 aliphatic rings. The van der Waals surface area contributed by atoms with Crippen molar-refractivity contribution in [2.24, 2.45) is 11.8 Å². The Labute approximate surface area is 271 Å². The van der Waals surface area contributed by atoms with Crippen LogP contribution in [0.3, 0.4) is 0 Å². The van der Waals surface area contributed by atoms with E-state index in [9.17, 15) is 24.3 Å². The number of nitrogens with one attached hydrogen (secondary N) is 1. The first kappa shape index (κ1) is 34.1. The summed E-state index contributed by atoms with van der Waals surface area (Å²) in [6, 6.07) is 3.49. The van der Waals surface area contributed by atoms with Crippen LogP contribution < -0.4 is 10.2 Å². The lowest BCUT2D eigenvalue weighted by Crippen LogP contribution is -2.59. The summed E-state index contributed by atoms with van der Waals surface area (Å²) in [6.07, 6.45) is 3.32. The van der Waals surface area contributed by atoms with Crippen molar-refractivity contribution in [2.75, 3.05) is 24.6 Å². The van der Waals surface area contributed by atoms with Gasteiger partial charge < -0.3 is 29.7 Å². The number of hydrogen-bond acceptors (Lipinski definition) is 7. The number of ether oxygens (including phenoxy) is 2. The molecule has 0 aromatic heterocycles. The SMILES string of the molecule is C=CCCC(=O)NC[C@H](C)OC(=O)[C@H]1[C@@H]2O[C@@]3(CC2Br)[C@@H]1C(=O)N([C@@H](CC)CO)[C@@H]3C(=O)N(CC=C)c1c(C)cccc1Cl. The van der Waals surface area contributed by atoms with Crippen LogP contribution in [0.2, 0.25) is 5.02 Å². The number of nitrogens with zero attached hydrogens (tertiary/aromatic N) is 2. The van der Waals surface area contributed by atoms with Crippen LogP contribution >= 0.6 is 27.5 Å². The Morgan fingerprint density at radius 1 is 1.34 bits per heavy atom. The van der Waals surface area contributed by atoms with Gasteiger partial charge in [0.1, 0.15) is 17.7 Å². The van der Waals surface area contributed by atoms with Crippen LogP contribution in [0.1, 0.15) is 45.1 Å². The van der Waals surface area contributed by atoms with Crippen molar-refractivity contribution < 1.29 is 33.8 Å². The molecule has 3 amide bonds. The molecule has 10 nitrogen and oxygen atoms in total. The van der Waals surface area contributed by atoms with Crippen molar-refractivity contribution in [3.8, 4) is 0 Å². The van der Waals surface area contributed by atoms with E-state index in [2.05, 4.69) is 34.4 Å². The molecule has 3 fully saturated rings. The quantitative estimate of drug-likeness (QED) is 0.173. The number of aliphatic hydroxyl groups excluding tert-OH is 1. The first-order valence-corrected chi connectivity index (χ1v) is 16.3. The maximum Gasteiger partial charge on any atom is 0.312 e. The largest absolute Gasteiger partial charge is 0.460 e. The van der Waals surface area contributed by atoms with Crippen LogP contribution in [0.5, 0.6) is 0 Å². The molecule has 240 valence electrons. The maximum absolute atomic E-state index is 14.7. The molecule has 1 aromatic carbocycles. The monoisotopic (exact) mass is 693 g/mol. The van der Waals surface area contributed by atoms with E-state index in [0.717, 1.165) is 5.56 Å². The molecule has 3 aliphatic heterocycles. The van der Waals surface area contributed by atoms with Crippen molar-refractivity contribution in [2.45, 2.75) is 81.2 Å². The zero-order chi connectivity index (χ0) is 32.3. The molecule has 0 saturated carbocycles. The Balaban J connectivity index is 1.70. The van der Waals surface area contributed by atoms with Crippen molar-refractivity contribution in [1.29, 1.82) is 0 Å². The smallest absolute Gasteiger partial charge is 0.312 e. The van der Waals surface area contributed by atoms with Crippen LogP contribution in [0.25, 0.3) is 0 Å². The summed E-state index contributed by atoms with van der Waals surface area (Å²) in [5.41, 5.74) is -0.101.